The molecule has 7 heteroatoms. The largest absolute Gasteiger partial charge is 0.493 e. The van der Waals surface area contributed by atoms with E-state index in [4.69, 9.17) is 14.2 Å². The lowest BCUT2D eigenvalue weighted by molar-refractivity contribution is 0.00694. The van der Waals surface area contributed by atoms with E-state index in [1.807, 2.05) is 32.9 Å². The number of carbonyl (C=O) groups excluding carboxylic acids is 2. The van der Waals surface area contributed by atoms with Gasteiger partial charge in [0.15, 0.2) is 11.5 Å². The molecule has 0 spiro atoms. The summed E-state index contributed by atoms with van der Waals surface area (Å²) in [5.41, 5.74) is 1.44. The van der Waals surface area contributed by atoms with E-state index in [1.54, 1.807) is 60.7 Å². The lowest BCUT2D eigenvalue weighted by Crippen LogP contribution is -2.26. The normalized spacial score (nSPS) is 13.8. The van der Waals surface area contributed by atoms with Gasteiger partial charge in [0, 0.05) is 24.1 Å². The molecule has 0 atom stereocenters. The molecule has 1 fully saturated rings. The Balaban J connectivity index is 1.72. The van der Waals surface area contributed by atoms with Crippen LogP contribution in [0.5, 0.6) is 11.5 Å². The highest BCUT2D eigenvalue weighted by molar-refractivity contribution is 6.11. The molecule has 1 heterocycles. The Hall–Kier alpha value is -3.87. The summed E-state index contributed by atoms with van der Waals surface area (Å²) >= 11 is 0. The van der Waals surface area contributed by atoms with Gasteiger partial charge in [-0.25, -0.2) is 4.79 Å². The number of nitrogens with zero attached hydrogens (tertiary/aromatic N) is 2. The molecule has 1 saturated carbocycles. The summed E-state index contributed by atoms with van der Waals surface area (Å²) in [7, 11) is 1.60. The van der Waals surface area contributed by atoms with Crippen LogP contribution in [0, 0.1) is 0 Å². The summed E-state index contributed by atoms with van der Waals surface area (Å²) in [5.74, 6) is 0.525. The Labute approximate surface area is 212 Å². The van der Waals surface area contributed by atoms with Crippen molar-refractivity contribution in [3.05, 3.63) is 78.1 Å². The molecule has 1 amide bonds. The van der Waals surface area contributed by atoms with Gasteiger partial charge < -0.3 is 14.2 Å². The first kappa shape index (κ1) is 25.2. The van der Waals surface area contributed by atoms with Gasteiger partial charge in [0.25, 0.3) is 5.91 Å². The number of carbonyl (C=O) groups is 2. The van der Waals surface area contributed by atoms with Crippen molar-refractivity contribution < 1.29 is 23.8 Å². The Morgan fingerprint density at radius 1 is 0.917 bits per heavy atom. The number of pyridine rings is 1. The summed E-state index contributed by atoms with van der Waals surface area (Å²) in [6.07, 6.45) is 7.56. The summed E-state index contributed by atoms with van der Waals surface area (Å²) in [6, 6.07) is 15.7. The minimum absolute atomic E-state index is 0.129. The molecule has 0 aliphatic heterocycles. The summed E-state index contributed by atoms with van der Waals surface area (Å²) in [6.45, 7) is 5.47. The number of anilines is 2. The third-order valence-corrected chi connectivity index (χ3v) is 5.87. The first-order chi connectivity index (χ1) is 17.2. The van der Waals surface area contributed by atoms with E-state index >= 15 is 0 Å². The van der Waals surface area contributed by atoms with Crippen LogP contribution in [0.4, 0.5) is 11.4 Å². The third-order valence-electron chi connectivity index (χ3n) is 5.87. The molecule has 188 valence electrons. The second-order valence-electron chi connectivity index (χ2n) is 9.79. The van der Waals surface area contributed by atoms with Gasteiger partial charge in [0.1, 0.15) is 5.60 Å². The van der Waals surface area contributed by atoms with Crippen LogP contribution in [0.15, 0.2) is 67.0 Å². The number of esters is 1. The van der Waals surface area contributed by atoms with Crippen LogP contribution in [0.2, 0.25) is 0 Å². The van der Waals surface area contributed by atoms with Crippen molar-refractivity contribution in [3.63, 3.8) is 0 Å². The standard InChI is InChI=1S/C29H32N2O5/c1-29(2,3)36-28(33)20-11-13-22(14-12-20)31(27(32)21-8-7-17-30-19-21)23-15-16-25(34-4)26(18-23)35-24-9-5-6-10-24/h7-8,11-19,24H,5-6,9-10H2,1-4H3. The zero-order valence-corrected chi connectivity index (χ0v) is 21.2. The van der Waals surface area contributed by atoms with E-state index in [0.29, 0.717) is 34.0 Å². The second-order valence-corrected chi connectivity index (χ2v) is 9.79. The summed E-state index contributed by atoms with van der Waals surface area (Å²) in [5, 5.41) is 0. The first-order valence-electron chi connectivity index (χ1n) is 12.2. The fraction of sp³-hybridized carbons (Fsp3) is 0.345. The van der Waals surface area contributed by atoms with Gasteiger partial charge in [-0.05, 0) is 95.0 Å². The van der Waals surface area contributed by atoms with Crippen LogP contribution in [-0.4, -0.2) is 35.7 Å². The first-order valence-corrected chi connectivity index (χ1v) is 12.2. The molecular formula is C29H32N2O5. The smallest absolute Gasteiger partial charge is 0.338 e. The maximum atomic E-state index is 13.7. The van der Waals surface area contributed by atoms with Gasteiger partial charge in [0.05, 0.1) is 30.0 Å². The molecule has 1 aliphatic carbocycles. The molecule has 1 aliphatic rings. The fourth-order valence-electron chi connectivity index (χ4n) is 4.17. The van der Waals surface area contributed by atoms with Crippen LogP contribution < -0.4 is 14.4 Å². The van der Waals surface area contributed by atoms with E-state index in [2.05, 4.69) is 4.98 Å². The van der Waals surface area contributed by atoms with Gasteiger partial charge in [-0.3, -0.25) is 14.7 Å². The Morgan fingerprint density at radius 2 is 1.61 bits per heavy atom. The van der Waals surface area contributed by atoms with Crippen LogP contribution in [0.3, 0.4) is 0 Å². The van der Waals surface area contributed by atoms with Gasteiger partial charge >= 0.3 is 5.97 Å². The van der Waals surface area contributed by atoms with Crippen molar-refractivity contribution >= 4 is 23.3 Å². The number of ether oxygens (including phenoxy) is 3. The number of aromatic nitrogens is 1. The number of benzene rings is 2. The van der Waals surface area contributed by atoms with Crippen LogP contribution >= 0.6 is 0 Å². The highest BCUT2D eigenvalue weighted by atomic mass is 16.6. The molecule has 0 bridgehead atoms. The van der Waals surface area contributed by atoms with E-state index in [-0.39, 0.29) is 12.0 Å². The number of amides is 1. The van der Waals surface area contributed by atoms with E-state index in [1.165, 1.54) is 6.20 Å². The Kier molecular flexibility index (Phi) is 7.58. The molecular weight excluding hydrogens is 456 g/mol. The van der Waals surface area contributed by atoms with E-state index in [0.717, 1.165) is 25.7 Å². The maximum absolute atomic E-state index is 13.7. The summed E-state index contributed by atoms with van der Waals surface area (Å²) < 4.78 is 17.3. The van der Waals surface area contributed by atoms with Gasteiger partial charge in [-0.2, -0.15) is 0 Å². The molecule has 0 saturated heterocycles. The Morgan fingerprint density at radius 3 is 2.22 bits per heavy atom. The lowest BCUT2D eigenvalue weighted by atomic mass is 10.1. The third kappa shape index (κ3) is 6.03. The van der Waals surface area contributed by atoms with Gasteiger partial charge in [-0.15, -0.1) is 0 Å². The topological polar surface area (TPSA) is 78.0 Å². The average molecular weight is 489 g/mol. The van der Waals surface area contributed by atoms with Crippen molar-refractivity contribution in [2.45, 2.75) is 58.2 Å². The van der Waals surface area contributed by atoms with Crippen LogP contribution in [-0.2, 0) is 4.74 Å². The molecule has 4 rings (SSSR count). The number of methoxy groups -OCH3 is 1. The van der Waals surface area contributed by atoms with E-state index < -0.39 is 11.6 Å². The number of hydrogen-bond acceptors (Lipinski definition) is 6. The summed E-state index contributed by atoms with van der Waals surface area (Å²) in [4.78, 5) is 31.9. The molecule has 36 heavy (non-hydrogen) atoms. The van der Waals surface area contributed by atoms with Crippen molar-refractivity contribution in [1.29, 1.82) is 0 Å². The molecule has 1 aromatic heterocycles. The Bertz CT molecular complexity index is 1200. The second kappa shape index (κ2) is 10.8. The monoisotopic (exact) mass is 488 g/mol. The molecule has 2 aromatic carbocycles. The number of rotatable bonds is 7. The van der Waals surface area contributed by atoms with Crippen molar-refractivity contribution in [3.8, 4) is 11.5 Å². The van der Waals surface area contributed by atoms with Crippen LogP contribution in [0.25, 0.3) is 0 Å². The SMILES string of the molecule is COc1ccc(N(C(=O)c2cccnc2)c2ccc(C(=O)OC(C)(C)C)cc2)cc1OC1CCCC1. The maximum Gasteiger partial charge on any atom is 0.338 e. The molecule has 0 radical (unpaired) electrons. The minimum atomic E-state index is -0.600. The predicted molar refractivity (Wildman–Crippen MR) is 138 cm³/mol. The molecule has 0 N–H and O–H groups in total. The lowest BCUT2D eigenvalue weighted by Gasteiger charge is -2.25. The molecule has 0 unspecified atom stereocenters. The van der Waals surface area contributed by atoms with Gasteiger partial charge in [0.2, 0.25) is 0 Å². The zero-order chi connectivity index (χ0) is 25.7. The fourth-order valence-corrected chi connectivity index (χ4v) is 4.17. The van der Waals surface area contributed by atoms with Crippen molar-refractivity contribution in [2.24, 2.45) is 0 Å². The van der Waals surface area contributed by atoms with Gasteiger partial charge in [-0.1, -0.05) is 0 Å². The average Bonchev–Trinajstić information content (AvgIpc) is 3.37. The highest BCUT2D eigenvalue weighted by Crippen LogP contribution is 2.38. The van der Waals surface area contributed by atoms with Crippen LogP contribution in [0.1, 0.15) is 67.2 Å². The van der Waals surface area contributed by atoms with Crippen molar-refractivity contribution in [1.82, 2.24) is 4.98 Å². The quantitative estimate of drug-likeness (QED) is 0.361. The molecule has 3 aromatic rings. The zero-order valence-electron chi connectivity index (χ0n) is 21.2. The van der Waals surface area contributed by atoms with E-state index in [9.17, 15) is 9.59 Å². The highest BCUT2D eigenvalue weighted by Gasteiger charge is 2.25. The minimum Gasteiger partial charge on any atom is -0.493 e. The predicted octanol–water partition coefficient (Wildman–Crippen LogP) is 6.35. The van der Waals surface area contributed by atoms with Crippen molar-refractivity contribution in [2.75, 3.05) is 12.0 Å². The number of hydrogen-bond donors (Lipinski definition) is 0. The molecule has 7 nitrogen and oxygen atoms in total.